The second-order valence-corrected chi connectivity index (χ2v) is 6.72. The zero-order valence-corrected chi connectivity index (χ0v) is 13.3. The van der Waals surface area contributed by atoms with E-state index in [1.807, 2.05) is 6.07 Å². The molecule has 1 fully saturated rings. The summed E-state index contributed by atoms with van der Waals surface area (Å²) in [7, 11) is 0. The van der Waals surface area contributed by atoms with Gasteiger partial charge in [-0.1, -0.05) is 24.3 Å². The number of likely N-dealkylation sites (tertiary alicyclic amines) is 1. The van der Waals surface area contributed by atoms with Crippen molar-refractivity contribution in [2.24, 2.45) is 0 Å². The van der Waals surface area contributed by atoms with Crippen LogP contribution in [0.3, 0.4) is 0 Å². The second kappa shape index (κ2) is 5.16. The summed E-state index contributed by atoms with van der Waals surface area (Å²) >= 11 is 0. The van der Waals surface area contributed by atoms with Gasteiger partial charge in [0.15, 0.2) is 5.65 Å². The van der Waals surface area contributed by atoms with Crippen molar-refractivity contribution in [3.63, 3.8) is 0 Å². The highest BCUT2D eigenvalue weighted by Crippen LogP contribution is 2.42. The number of aromatic nitrogens is 3. The van der Waals surface area contributed by atoms with Crippen LogP contribution in [0.2, 0.25) is 0 Å². The maximum Gasteiger partial charge on any atom is 0.255 e. The van der Waals surface area contributed by atoms with Gasteiger partial charge in [0.25, 0.3) is 5.91 Å². The Morgan fingerprint density at radius 1 is 1.25 bits per heavy atom. The lowest BCUT2D eigenvalue weighted by Crippen LogP contribution is -2.46. The number of rotatable bonds is 1. The first-order chi connectivity index (χ1) is 11.8. The number of nitrogens with one attached hydrogen (secondary N) is 1. The molecule has 5 heteroatoms. The number of benzene rings is 1. The molecule has 0 bridgehead atoms. The predicted octanol–water partition coefficient (Wildman–Crippen LogP) is 2.90. The molecule has 1 amide bonds. The van der Waals surface area contributed by atoms with Crippen molar-refractivity contribution in [1.82, 2.24) is 19.9 Å². The summed E-state index contributed by atoms with van der Waals surface area (Å²) in [6.07, 6.45) is 6.45. The minimum atomic E-state index is 0.0847. The van der Waals surface area contributed by atoms with Crippen molar-refractivity contribution in [2.75, 3.05) is 6.54 Å². The first kappa shape index (κ1) is 13.7. The summed E-state index contributed by atoms with van der Waals surface area (Å²) in [5, 5.41) is 0. The summed E-state index contributed by atoms with van der Waals surface area (Å²) < 4.78 is 0. The summed E-state index contributed by atoms with van der Waals surface area (Å²) in [5.74, 6) is 0.559. The minimum absolute atomic E-state index is 0.0847. The molecule has 3 aromatic rings. The molecule has 24 heavy (non-hydrogen) atoms. The molecule has 120 valence electrons. The van der Waals surface area contributed by atoms with E-state index >= 15 is 0 Å². The monoisotopic (exact) mass is 318 g/mol. The van der Waals surface area contributed by atoms with E-state index in [1.54, 1.807) is 12.5 Å². The van der Waals surface area contributed by atoms with Crippen molar-refractivity contribution in [2.45, 2.75) is 31.2 Å². The van der Waals surface area contributed by atoms with Gasteiger partial charge in [-0.25, -0.2) is 9.97 Å². The van der Waals surface area contributed by atoms with E-state index in [2.05, 4.69) is 44.1 Å². The van der Waals surface area contributed by atoms with E-state index in [1.165, 1.54) is 17.5 Å². The fourth-order valence-corrected chi connectivity index (χ4v) is 4.34. The molecule has 2 aliphatic rings. The summed E-state index contributed by atoms with van der Waals surface area (Å²) in [4.78, 5) is 26.6. The number of amides is 1. The number of imidazole rings is 1. The molecule has 1 saturated heterocycles. The van der Waals surface area contributed by atoms with E-state index in [9.17, 15) is 4.79 Å². The zero-order chi connectivity index (χ0) is 16.1. The molecule has 1 aliphatic carbocycles. The molecule has 1 aromatic carbocycles. The fourth-order valence-electron chi connectivity index (χ4n) is 4.34. The molecular formula is C19H18N4O. The number of pyridine rings is 1. The Balaban J connectivity index is 1.49. The number of carbonyl (C=O) groups excluding carboxylic acids is 1. The van der Waals surface area contributed by atoms with Gasteiger partial charge in [-0.2, -0.15) is 0 Å². The Hall–Kier alpha value is -2.69. The molecule has 0 unspecified atom stereocenters. The van der Waals surface area contributed by atoms with Gasteiger partial charge >= 0.3 is 0 Å². The molecule has 5 rings (SSSR count). The minimum Gasteiger partial charge on any atom is -0.343 e. The molecule has 0 saturated carbocycles. The van der Waals surface area contributed by atoms with Gasteiger partial charge < -0.3 is 9.88 Å². The van der Waals surface area contributed by atoms with Crippen LogP contribution in [0.1, 0.15) is 40.2 Å². The van der Waals surface area contributed by atoms with Crippen LogP contribution >= 0.6 is 0 Å². The average molecular weight is 318 g/mol. The molecule has 2 aromatic heterocycles. The third-order valence-electron chi connectivity index (χ3n) is 5.44. The van der Waals surface area contributed by atoms with Crippen molar-refractivity contribution in [3.05, 3.63) is 59.5 Å². The third-order valence-corrected chi connectivity index (χ3v) is 5.44. The van der Waals surface area contributed by atoms with Crippen LogP contribution in [-0.4, -0.2) is 38.3 Å². The van der Waals surface area contributed by atoms with E-state index in [4.69, 9.17) is 0 Å². The lowest BCUT2D eigenvalue weighted by Gasteiger charge is -2.38. The standard InChI is InChI=1S/C19H18N4O/c24-19(13-8-16-18(20-10-13)22-11-21-16)23-7-3-6-15-14-5-2-1-4-12(14)9-17(15)23/h1-2,4-5,8,10-11,15,17H,3,6-7,9H2,(H,20,21,22)/t15-,17+/m1/s1. The second-order valence-electron chi connectivity index (χ2n) is 6.72. The summed E-state index contributed by atoms with van der Waals surface area (Å²) in [6.45, 7) is 0.828. The predicted molar refractivity (Wildman–Crippen MR) is 90.8 cm³/mol. The normalized spacial score (nSPS) is 22.4. The topological polar surface area (TPSA) is 61.9 Å². The van der Waals surface area contributed by atoms with Crippen LogP contribution in [-0.2, 0) is 6.42 Å². The number of hydrogen-bond donors (Lipinski definition) is 1. The van der Waals surface area contributed by atoms with Crippen LogP contribution in [0.25, 0.3) is 11.2 Å². The Bertz CT molecular complexity index is 932. The number of piperidine rings is 1. The van der Waals surface area contributed by atoms with Gasteiger partial charge in [0.2, 0.25) is 0 Å². The Morgan fingerprint density at radius 3 is 3.12 bits per heavy atom. The van der Waals surface area contributed by atoms with Gasteiger partial charge in [-0.15, -0.1) is 0 Å². The largest absolute Gasteiger partial charge is 0.343 e. The molecule has 1 aliphatic heterocycles. The van der Waals surface area contributed by atoms with Crippen LogP contribution in [0.15, 0.2) is 42.9 Å². The van der Waals surface area contributed by atoms with Crippen molar-refractivity contribution in [1.29, 1.82) is 0 Å². The van der Waals surface area contributed by atoms with Gasteiger partial charge in [-0.3, -0.25) is 4.79 Å². The number of nitrogens with zero attached hydrogens (tertiary/aromatic N) is 3. The van der Waals surface area contributed by atoms with Gasteiger partial charge in [-0.05, 0) is 36.5 Å². The van der Waals surface area contributed by atoms with Crippen LogP contribution in [0, 0.1) is 0 Å². The van der Waals surface area contributed by atoms with Crippen molar-refractivity contribution >= 4 is 17.1 Å². The molecule has 0 spiro atoms. The fraction of sp³-hybridized carbons (Fsp3) is 0.316. The van der Waals surface area contributed by atoms with Crippen LogP contribution in [0.4, 0.5) is 0 Å². The highest BCUT2D eigenvalue weighted by molar-refractivity contribution is 5.96. The number of fused-ring (bicyclic) bond motifs is 4. The molecule has 1 N–H and O–H groups in total. The van der Waals surface area contributed by atoms with Gasteiger partial charge in [0.1, 0.15) is 0 Å². The highest BCUT2D eigenvalue weighted by Gasteiger charge is 2.40. The molecule has 5 nitrogen and oxygen atoms in total. The van der Waals surface area contributed by atoms with E-state index in [0.717, 1.165) is 24.9 Å². The molecular weight excluding hydrogens is 300 g/mol. The first-order valence-corrected chi connectivity index (χ1v) is 8.49. The molecule has 0 radical (unpaired) electrons. The van der Waals surface area contributed by atoms with E-state index < -0.39 is 0 Å². The smallest absolute Gasteiger partial charge is 0.255 e. The van der Waals surface area contributed by atoms with E-state index in [0.29, 0.717) is 17.1 Å². The number of carbonyl (C=O) groups is 1. The first-order valence-electron chi connectivity index (χ1n) is 8.49. The average Bonchev–Trinajstić information content (AvgIpc) is 3.24. The zero-order valence-electron chi connectivity index (χ0n) is 13.3. The number of H-pyrrole nitrogens is 1. The van der Waals surface area contributed by atoms with Gasteiger partial charge in [0.05, 0.1) is 17.4 Å². The number of hydrogen-bond acceptors (Lipinski definition) is 3. The Labute approximate surface area is 139 Å². The van der Waals surface area contributed by atoms with Crippen molar-refractivity contribution in [3.8, 4) is 0 Å². The summed E-state index contributed by atoms with van der Waals surface area (Å²) in [6, 6.07) is 10.8. The lowest BCUT2D eigenvalue weighted by molar-refractivity contribution is 0.0595. The third kappa shape index (κ3) is 1.97. The summed E-state index contributed by atoms with van der Waals surface area (Å²) in [5.41, 5.74) is 4.93. The highest BCUT2D eigenvalue weighted by atomic mass is 16.2. The molecule has 2 atom stereocenters. The van der Waals surface area contributed by atoms with Crippen LogP contribution in [0.5, 0.6) is 0 Å². The van der Waals surface area contributed by atoms with Crippen LogP contribution < -0.4 is 0 Å². The van der Waals surface area contributed by atoms with E-state index in [-0.39, 0.29) is 11.9 Å². The lowest BCUT2D eigenvalue weighted by atomic mass is 9.88. The maximum absolute atomic E-state index is 13.1. The van der Waals surface area contributed by atoms with Crippen molar-refractivity contribution < 1.29 is 4.79 Å². The Kier molecular flexibility index (Phi) is 2.95. The molecule has 3 heterocycles. The number of aromatic amines is 1. The van der Waals surface area contributed by atoms with Gasteiger partial charge in [0, 0.05) is 24.7 Å². The SMILES string of the molecule is O=C(c1cnc2nc[nH]c2c1)N1CCC[C@@H]2c3ccccc3C[C@@H]21. The Morgan fingerprint density at radius 2 is 2.17 bits per heavy atom. The quantitative estimate of drug-likeness (QED) is 0.750. The maximum atomic E-state index is 13.1.